The topological polar surface area (TPSA) is 178 Å². The van der Waals surface area contributed by atoms with Gasteiger partial charge < -0.3 is 38.4 Å². The molecule has 15 nitrogen and oxygen atoms in total. The third-order valence-corrected chi connectivity index (χ3v) is 13.0. The number of aliphatic hydroxyl groups excluding tert-OH is 1. The summed E-state index contributed by atoms with van der Waals surface area (Å²) in [6.45, 7) is 13.7. The second-order valence-electron chi connectivity index (χ2n) is 18.5. The molecule has 2 aromatic heterocycles. The first-order valence-corrected chi connectivity index (χ1v) is 23.0. The summed E-state index contributed by atoms with van der Waals surface area (Å²) in [5.74, 6) is -5.37. The molecule has 0 aliphatic carbocycles. The highest BCUT2D eigenvalue weighted by Crippen LogP contribution is 2.39. The van der Waals surface area contributed by atoms with E-state index < -0.39 is 77.7 Å². The number of Topliss-reactive ketones (excluding diaryl/α,β-unsaturated/α-hetero) is 2. The first-order chi connectivity index (χ1) is 31.8. The number of imidazole rings is 1. The first-order valence-electron chi connectivity index (χ1n) is 23.0. The van der Waals surface area contributed by atoms with Crippen LogP contribution >= 0.6 is 0 Å². The molecule has 1 fully saturated rings. The number of nitrogens with zero attached hydrogens (tertiary/aromatic N) is 4. The fraction of sp³-hybridized carbons (Fsp3) is 0.500. The molecule has 1 N–H and O–H groups in total. The van der Waals surface area contributed by atoms with Crippen molar-refractivity contribution in [2.24, 2.45) is 17.8 Å². The average molecular weight is 923 g/mol. The molecular formula is C52H66N4O11. The molecule has 0 amide bonds. The van der Waals surface area contributed by atoms with Gasteiger partial charge in [0.1, 0.15) is 17.6 Å². The number of ether oxygens (including phenoxy) is 6. The molecule has 2 aliphatic rings. The van der Waals surface area contributed by atoms with E-state index in [-0.39, 0.29) is 43.0 Å². The molecule has 2 aliphatic heterocycles. The standard InChI is InChI=1S/C52H66N4O11/c1-11-42-51(7,67-50(61)56-24-23-53-31-56)28-32(2)43(57)33(3)29-52(8,62-25-17-18-37-27-39-21-15-16-22-40(39)54-30-37)46(35(5)44(58)36(6)47(59)64-42)66-49-45(41(55(9)10)26-34(4)63-49)65-48(60)38-19-13-12-14-20-38/h12-24,27-28,30-31,33-36,41-42,45-46,49-50,61H,11,25-26,29H2,1-10H3/b18-17+,32-28+/t33-,34-,35+,36-,41+,42-,45-,46-,49+,50?,51+,52-/m1/s1. The van der Waals surface area contributed by atoms with Crippen LogP contribution in [0.5, 0.6) is 0 Å². The van der Waals surface area contributed by atoms with Crippen molar-refractivity contribution in [2.45, 2.75) is 129 Å². The summed E-state index contributed by atoms with van der Waals surface area (Å²) in [4.78, 5) is 68.1. The van der Waals surface area contributed by atoms with Crippen LogP contribution in [-0.2, 0) is 42.8 Å². The van der Waals surface area contributed by atoms with Crippen LogP contribution in [-0.4, -0.2) is 117 Å². The van der Waals surface area contributed by atoms with Crippen LogP contribution < -0.4 is 0 Å². The van der Waals surface area contributed by atoms with E-state index in [1.807, 2.05) is 68.4 Å². The number of likely N-dealkylation sites (N-methyl/N-ethyl adjacent to an activating group) is 1. The third kappa shape index (κ3) is 12.2. The number of hydrogen-bond acceptors (Lipinski definition) is 14. The molecule has 0 bridgehead atoms. The second-order valence-corrected chi connectivity index (χ2v) is 18.5. The van der Waals surface area contributed by atoms with E-state index in [4.69, 9.17) is 28.4 Å². The lowest BCUT2D eigenvalue weighted by Crippen LogP contribution is -2.60. The van der Waals surface area contributed by atoms with Gasteiger partial charge in [0.25, 0.3) is 0 Å². The number of carbonyl (C=O) groups is 4. The summed E-state index contributed by atoms with van der Waals surface area (Å²) in [6, 6.07) is 18.1. The predicted molar refractivity (Wildman–Crippen MR) is 251 cm³/mol. The van der Waals surface area contributed by atoms with Gasteiger partial charge in [-0.2, -0.15) is 0 Å². The molecule has 4 heterocycles. The quantitative estimate of drug-likeness (QED) is 0.0790. The van der Waals surface area contributed by atoms with E-state index in [0.29, 0.717) is 12.0 Å². The third-order valence-electron chi connectivity index (χ3n) is 13.0. The van der Waals surface area contributed by atoms with Gasteiger partial charge >= 0.3 is 11.9 Å². The van der Waals surface area contributed by atoms with Crippen molar-refractivity contribution in [3.8, 4) is 0 Å². The van der Waals surface area contributed by atoms with Crippen molar-refractivity contribution >= 4 is 40.5 Å². The van der Waals surface area contributed by atoms with Gasteiger partial charge in [-0.25, -0.2) is 9.78 Å². The lowest BCUT2D eigenvalue weighted by Gasteiger charge is -2.47. The Morgan fingerprint density at radius 3 is 2.45 bits per heavy atom. The van der Waals surface area contributed by atoms with Gasteiger partial charge in [-0.3, -0.25) is 23.9 Å². The maximum Gasteiger partial charge on any atom is 0.338 e. The monoisotopic (exact) mass is 922 g/mol. The maximum atomic E-state index is 14.9. The fourth-order valence-electron chi connectivity index (χ4n) is 9.31. The van der Waals surface area contributed by atoms with Crippen molar-refractivity contribution in [2.75, 3.05) is 20.7 Å². The number of cyclic esters (lactones) is 1. The van der Waals surface area contributed by atoms with E-state index in [1.165, 1.54) is 30.2 Å². The van der Waals surface area contributed by atoms with E-state index in [2.05, 4.69) is 9.97 Å². The summed E-state index contributed by atoms with van der Waals surface area (Å²) < 4.78 is 40.4. The van der Waals surface area contributed by atoms with Gasteiger partial charge in [-0.15, -0.1) is 0 Å². The van der Waals surface area contributed by atoms with Gasteiger partial charge in [-0.1, -0.05) is 69.3 Å². The molecule has 15 heteroatoms. The number of allylic oxidation sites excluding steroid dienone is 1. The van der Waals surface area contributed by atoms with Crippen molar-refractivity contribution in [1.29, 1.82) is 0 Å². The Balaban J connectivity index is 1.43. The fourth-order valence-corrected chi connectivity index (χ4v) is 9.31. The Bertz CT molecular complexity index is 2390. The summed E-state index contributed by atoms with van der Waals surface area (Å²) in [5.41, 5.74) is -0.679. The number of ketones is 2. The molecular weight excluding hydrogens is 857 g/mol. The zero-order chi connectivity index (χ0) is 48.6. The maximum absolute atomic E-state index is 14.9. The number of carbonyl (C=O) groups excluding carboxylic acids is 4. The lowest BCUT2D eigenvalue weighted by molar-refractivity contribution is -0.296. The van der Waals surface area contributed by atoms with Gasteiger partial charge in [0.15, 0.2) is 24.0 Å². The molecule has 2 aromatic carbocycles. The second kappa shape index (κ2) is 22.1. The number of hydrogen-bond donors (Lipinski definition) is 1. The zero-order valence-corrected chi connectivity index (χ0v) is 40.2. The summed E-state index contributed by atoms with van der Waals surface area (Å²) in [6.07, 6.45) is 5.78. The van der Waals surface area contributed by atoms with Crippen molar-refractivity contribution in [1.82, 2.24) is 19.4 Å². The Morgan fingerprint density at radius 1 is 1.04 bits per heavy atom. The average Bonchev–Trinajstić information content (AvgIpc) is 3.86. The Labute approximate surface area is 393 Å². The van der Waals surface area contributed by atoms with Crippen LogP contribution in [0.1, 0.15) is 97.0 Å². The highest BCUT2D eigenvalue weighted by molar-refractivity contribution is 6.00. The number of pyridine rings is 1. The molecule has 4 aromatic rings. The number of esters is 2. The Kier molecular flexibility index (Phi) is 16.8. The van der Waals surface area contributed by atoms with Crippen LogP contribution in [0.3, 0.4) is 0 Å². The van der Waals surface area contributed by atoms with E-state index in [9.17, 15) is 24.3 Å². The molecule has 67 heavy (non-hydrogen) atoms. The van der Waals surface area contributed by atoms with E-state index in [1.54, 1.807) is 84.1 Å². The minimum Gasteiger partial charge on any atom is -0.458 e. The van der Waals surface area contributed by atoms with Crippen LogP contribution in [0.2, 0.25) is 0 Å². The molecule has 360 valence electrons. The largest absolute Gasteiger partial charge is 0.458 e. The highest BCUT2D eigenvalue weighted by atomic mass is 16.7. The Hall–Kier alpha value is -5.42. The molecule has 0 saturated carbocycles. The van der Waals surface area contributed by atoms with Gasteiger partial charge in [0.05, 0.1) is 47.9 Å². The van der Waals surface area contributed by atoms with Crippen molar-refractivity contribution in [3.05, 3.63) is 114 Å². The minimum atomic E-state index is -1.56. The van der Waals surface area contributed by atoms with Crippen molar-refractivity contribution < 1.29 is 52.7 Å². The van der Waals surface area contributed by atoms with Crippen LogP contribution in [0.25, 0.3) is 17.0 Å². The van der Waals surface area contributed by atoms with Crippen LogP contribution in [0.15, 0.2) is 103 Å². The first kappa shape index (κ1) is 51.0. The Morgan fingerprint density at radius 2 is 1.76 bits per heavy atom. The summed E-state index contributed by atoms with van der Waals surface area (Å²) in [7, 11) is 3.77. The smallest absolute Gasteiger partial charge is 0.338 e. The molecule has 6 rings (SSSR count). The number of para-hydroxylation sites is 1. The minimum absolute atomic E-state index is 0.0162. The van der Waals surface area contributed by atoms with E-state index >= 15 is 0 Å². The number of aliphatic hydroxyl groups is 1. The molecule has 0 radical (unpaired) electrons. The number of rotatable bonds is 13. The zero-order valence-electron chi connectivity index (χ0n) is 40.2. The molecule has 12 atom stereocenters. The van der Waals surface area contributed by atoms with Crippen LogP contribution in [0.4, 0.5) is 0 Å². The molecule has 1 saturated heterocycles. The SMILES string of the molecule is CC[C@H]1OC(=O)[C@H](C)C(=O)[C@H](C)[C@@H](O[C@@H]2O[C@H](C)C[C@H](N(C)C)[C@H]2OC(=O)c2ccccc2)[C@](C)(OC/C=C/c2cnc3ccccc3c2)C[C@@H](C)C(=O)/C(C)=C/[C@]1(C)OC(O)n1ccnc1. The van der Waals surface area contributed by atoms with Gasteiger partial charge in [0, 0.05) is 35.8 Å². The molecule has 1 unspecified atom stereocenters. The number of fused-ring (bicyclic) bond motifs is 1. The normalized spacial score (nSPS) is 31.6. The number of benzene rings is 2. The highest BCUT2D eigenvalue weighted by Gasteiger charge is 2.51. The summed E-state index contributed by atoms with van der Waals surface area (Å²) >= 11 is 0. The lowest BCUT2D eigenvalue weighted by atomic mass is 9.76. The van der Waals surface area contributed by atoms with Gasteiger partial charge in [0.2, 0.25) is 6.41 Å². The molecule has 0 spiro atoms. The summed E-state index contributed by atoms with van der Waals surface area (Å²) in [5, 5.41) is 12.1. The number of aromatic nitrogens is 3. The van der Waals surface area contributed by atoms with Crippen LogP contribution in [0, 0.1) is 17.8 Å². The van der Waals surface area contributed by atoms with Gasteiger partial charge in [-0.05, 0) is 109 Å². The van der Waals surface area contributed by atoms with Crippen molar-refractivity contribution in [3.63, 3.8) is 0 Å². The van der Waals surface area contributed by atoms with E-state index in [0.717, 1.165) is 16.5 Å². The predicted octanol–water partition coefficient (Wildman–Crippen LogP) is 7.54.